The Labute approximate surface area is 106 Å². The predicted molar refractivity (Wildman–Crippen MR) is 71.8 cm³/mol. The minimum atomic E-state index is 0.0843. The zero-order valence-corrected chi connectivity index (χ0v) is 11.9. The lowest BCUT2D eigenvalue weighted by molar-refractivity contribution is 0.475. The van der Waals surface area contributed by atoms with Crippen molar-refractivity contribution in [3.05, 3.63) is 29.8 Å². The summed E-state index contributed by atoms with van der Waals surface area (Å²) < 4.78 is 0.0843. The molecular weight excluding hydrogens is 481 g/mol. The van der Waals surface area contributed by atoms with Crippen LogP contribution >= 0.6 is 67.8 Å². The van der Waals surface area contributed by atoms with E-state index in [4.69, 9.17) is 5.11 Å². The van der Waals surface area contributed by atoms with Gasteiger partial charge in [-0.1, -0.05) is 12.1 Å². The standard InChI is InChI=1S/C7H5I3O/c8-7(9,10)5-1-3-6(11)4-2-5/h1-4,11H. The van der Waals surface area contributed by atoms with Gasteiger partial charge >= 0.3 is 0 Å². The van der Waals surface area contributed by atoms with Gasteiger partial charge in [0.15, 0.2) is 0 Å². The number of phenols is 1. The molecule has 0 aliphatic heterocycles. The van der Waals surface area contributed by atoms with E-state index in [1.165, 1.54) is 5.56 Å². The lowest BCUT2D eigenvalue weighted by Gasteiger charge is -2.11. The Morgan fingerprint density at radius 2 is 1.45 bits per heavy atom. The number of halogens is 3. The minimum Gasteiger partial charge on any atom is -0.508 e. The normalized spacial score (nSPS) is 11.5. The van der Waals surface area contributed by atoms with Gasteiger partial charge < -0.3 is 5.11 Å². The number of aromatic hydroxyl groups is 1. The van der Waals surface area contributed by atoms with Gasteiger partial charge in [0.1, 0.15) is 5.18 Å². The monoisotopic (exact) mass is 486 g/mol. The number of benzene rings is 1. The number of hydrogen-bond acceptors (Lipinski definition) is 1. The highest BCUT2D eigenvalue weighted by molar-refractivity contribution is 14.3. The Morgan fingerprint density at radius 1 is 1.00 bits per heavy atom. The van der Waals surface area contributed by atoms with Gasteiger partial charge in [-0.2, -0.15) is 0 Å². The molecule has 60 valence electrons. The molecule has 1 aromatic rings. The fourth-order valence-corrected chi connectivity index (χ4v) is 1.73. The molecule has 0 aliphatic rings. The van der Waals surface area contributed by atoms with E-state index in [-0.39, 0.29) is -0.565 Å². The van der Waals surface area contributed by atoms with Gasteiger partial charge in [-0.3, -0.25) is 0 Å². The summed E-state index contributed by atoms with van der Waals surface area (Å²) >= 11 is 7.04. The molecule has 0 radical (unpaired) electrons. The SMILES string of the molecule is Oc1ccc(C(I)(I)I)cc1. The van der Waals surface area contributed by atoms with Crippen LogP contribution in [0.25, 0.3) is 0 Å². The van der Waals surface area contributed by atoms with E-state index in [0.717, 1.165) is 0 Å². The molecule has 0 spiro atoms. The van der Waals surface area contributed by atoms with Crippen LogP contribution in [0, 0.1) is 0 Å². The van der Waals surface area contributed by atoms with Crippen molar-refractivity contribution in [2.24, 2.45) is 0 Å². The molecule has 1 N–H and O–H groups in total. The van der Waals surface area contributed by atoms with E-state index in [1.54, 1.807) is 12.1 Å². The van der Waals surface area contributed by atoms with Crippen molar-refractivity contribution < 1.29 is 5.11 Å². The Morgan fingerprint density at radius 3 is 1.82 bits per heavy atom. The summed E-state index contributed by atoms with van der Waals surface area (Å²) in [6, 6.07) is 7.28. The minimum absolute atomic E-state index is 0.0843. The van der Waals surface area contributed by atoms with Gasteiger partial charge in [-0.05, 0) is 85.5 Å². The number of phenolic OH excluding ortho intramolecular Hbond substituents is 1. The number of hydrogen-bond donors (Lipinski definition) is 1. The Kier molecular flexibility index (Phi) is 3.69. The van der Waals surface area contributed by atoms with E-state index in [0.29, 0.717) is 5.75 Å². The van der Waals surface area contributed by atoms with Crippen molar-refractivity contribution in [2.75, 3.05) is 0 Å². The molecule has 0 saturated heterocycles. The zero-order chi connectivity index (χ0) is 8.48. The maximum Gasteiger partial charge on any atom is 0.149 e. The van der Waals surface area contributed by atoms with Crippen LogP contribution in [0.2, 0.25) is 0 Å². The molecule has 0 aliphatic carbocycles. The van der Waals surface area contributed by atoms with Gasteiger partial charge in [0.05, 0.1) is 0 Å². The smallest absolute Gasteiger partial charge is 0.149 e. The highest BCUT2D eigenvalue weighted by Gasteiger charge is 2.19. The van der Waals surface area contributed by atoms with Crippen LogP contribution in [0.4, 0.5) is 0 Å². The molecule has 0 heterocycles. The van der Waals surface area contributed by atoms with Crippen LogP contribution in [0.15, 0.2) is 24.3 Å². The summed E-state index contributed by atoms with van der Waals surface area (Å²) in [6.07, 6.45) is 0. The molecule has 0 unspecified atom stereocenters. The van der Waals surface area contributed by atoms with E-state index < -0.39 is 0 Å². The first kappa shape index (κ1) is 10.3. The Balaban J connectivity index is 2.99. The maximum absolute atomic E-state index is 9.02. The van der Waals surface area contributed by atoms with Crippen LogP contribution < -0.4 is 0 Å². The molecule has 0 saturated carbocycles. The zero-order valence-electron chi connectivity index (χ0n) is 5.39. The quantitative estimate of drug-likeness (QED) is 0.474. The number of alkyl halides is 3. The predicted octanol–water partition coefficient (Wildman–Crippen LogP) is 3.81. The second-order valence-electron chi connectivity index (χ2n) is 2.04. The molecule has 0 bridgehead atoms. The summed E-state index contributed by atoms with van der Waals surface area (Å²) in [5, 5.41) is 9.02. The van der Waals surface area contributed by atoms with Gasteiger partial charge in [-0.25, -0.2) is 0 Å². The molecule has 0 fully saturated rings. The average Bonchev–Trinajstić information content (AvgIpc) is 1.86. The lowest BCUT2D eigenvalue weighted by atomic mass is 10.2. The van der Waals surface area contributed by atoms with Crippen LogP contribution in [0.3, 0.4) is 0 Å². The van der Waals surface area contributed by atoms with Crippen LogP contribution in [0.1, 0.15) is 5.56 Å². The third-order valence-electron chi connectivity index (χ3n) is 1.19. The fraction of sp³-hybridized carbons (Fsp3) is 0.143. The second kappa shape index (κ2) is 3.95. The van der Waals surface area contributed by atoms with Crippen molar-refractivity contribution in [2.45, 2.75) is -0.565 Å². The van der Waals surface area contributed by atoms with E-state index in [9.17, 15) is 0 Å². The van der Waals surface area contributed by atoms with Gasteiger partial charge in [0.2, 0.25) is 0 Å². The van der Waals surface area contributed by atoms with Gasteiger partial charge in [0.25, 0.3) is 0 Å². The second-order valence-corrected chi connectivity index (χ2v) is 13.1. The molecule has 1 nitrogen and oxygen atoms in total. The van der Waals surface area contributed by atoms with E-state index >= 15 is 0 Å². The van der Waals surface area contributed by atoms with Crippen molar-refractivity contribution in [1.29, 1.82) is 0 Å². The first-order chi connectivity index (χ1) is 5.00. The lowest BCUT2D eigenvalue weighted by Crippen LogP contribution is -1.95. The molecule has 0 amide bonds. The summed E-state index contributed by atoms with van der Waals surface area (Å²) in [5.74, 6) is 0.321. The van der Waals surface area contributed by atoms with E-state index in [1.807, 2.05) is 12.1 Å². The third-order valence-corrected chi connectivity index (χ3v) is 3.06. The van der Waals surface area contributed by atoms with Crippen LogP contribution in [-0.2, 0) is -0.565 Å². The molecule has 11 heavy (non-hydrogen) atoms. The Bertz CT molecular complexity index is 237. The van der Waals surface area contributed by atoms with Crippen molar-refractivity contribution in [1.82, 2.24) is 0 Å². The third kappa shape index (κ3) is 3.21. The summed E-state index contributed by atoms with van der Waals surface area (Å²) in [6.45, 7) is 0. The van der Waals surface area contributed by atoms with Gasteiger partial charge in [-0.15, -0.1) is 0 Å². The van der Waals surface area contributed by atoms with Crippen LogP contribution in [0.5, 0.6) is 5.75 Å². The highest BCUT2D eigenvalue weighted by atomic mass is 127. The molecule has 0 aromatic heterocycles. The van der Waals surface area contributed by atoms with Crippen molar-refractivity contribution >= 4 is 67.8 Å². The Hall–Kier alpha value is 1.21. The average molecular weight is 486 g/mol. The number of rotatable bonds is 1. The molecule has 1 rings (SSSR count). The van der Waals surface area contributed by atoms with Crippen molar-refractivity contribution in [3.8, 4) is 5.75 Å². The maximum atomic E-state index is 9.02. The molecule has 4 heteroatoms. The highest BCUT2D eigenvalue weighted by Crippen LogP contribution is 2.46. The van der Waals surface area contributed by atoms with E-state index in [2.05, 4.69) is 67.8 Å². The first-order valence-corrected chi connectivity index (χ1v) is 6.10. The summed E-state index contributed by atoms with van der Waals surface area (Å²) in [5.41, 5.74) is 1.21. The summed E-state index contributed by atoms with van der Waals surface area (Å²) in [7, 11) is 0. The first-order valence-electron chi connectivity index (χ1n) is 2.86. The summed E-state index contributed by atoms with van der Waals surface area (Å²) in [4.78, 5) is 0. The fourth-order valence-electron chi connectivity index (χ4n) is 0.650. The molecule has 0 atom stereocenters. The van der Waals surface area contributed by atoms with Crippen LogP contribution in [-0.4, -0.2) is 5.11 Å². The molecule has 1 aromatic carbocycles. The largest absolute Gasteiger partial charge is 0.508 e. The molecular formula is C7H5I3O. The van der Waals surface area contributed by atoms with Gasteiger partial charge in [0, 0.05) is 0 Å². The van der Waals surface area contributed by atoms with Crippen molar-refractivity contribution in [3.63, 3.8) is 0 Å². The topological polar surface area (TPSA) is 20.2 Å².